The number of allylic oxidation sites excluding steroid dienone is 17. The van der Waals surface area contributed by atoms with Gasteiger partial charge in [0.2, 0.25) is 5.91 Å². The first-order chi connectivity index (χ1) is 37.4. The van der Waals surface area contributed by atoms with Gasteiger partial charge in [-0.1, -0.05) is 252 Å². The second-order valence-corrected chi connectivity index (χ2v) is 23.3. The van der Waals surface area contributed by atoms with Gasteiger partial charge in [-0.15, -0.1) is 0 Å². The topological polar surface area (TPSA) is 111 Å². The number of nitrogens with zero attached hydrogens (tertiary/aromatic N) is 1. The van der Waals surface area contributed by atoms with Crippen LogP contribution in [0.5, 0.6) is 0 Å². The molecule has 3 atom stereocenters. The lowest BCUT2D eigenvalue weighted by Crippen LogP contribution is -2.47. The fourth-order valence-corrected chi connectivity index (χ4v) is 9.23. The van der Waals surface area contributed by atoms with Crippen LogP contribution in [0.2, 0.25) is 0 Å². The van der Waals surface area contributed by atoms with Crippen LogP contribution >= 0.6 is 7.82 Å². The van der Waals surface area contributed by atoms with Crippen molar-refractivity contribution in [2.75, 3.05) is 40.9 Å². The van der Waals surface area contributed by atoms with Crippen molar-refractivity contribution in [2.45, 2.75) is 264 Å². The second-order valence-electron chi connectivity index (χ2n) is 21.9. The summed E-state index contributed by atoms with van der Waals surface area (Å²) < 4.78 is 30.7. The number of hydrogen-bond acceptors (Lipinski definition) is 6. The smallest absolute Gasteiger partial charge is 0.456 e. The van der Waals surface area contributed by atoms with E-state index in [9.17, 15) is 19.0 Å². The zero-order chi connectivity index (χ0) is 56.4. The van der Waals surface area contributed by atoms with Crippen molar-refractivity contribution in [1.82, 2.24) is 5.32 Å². The molecule has 0 aromatic carbocycles. The van der Waals surface area contributed by atoms with Gasteiger partial charge in [-0.25, -0.2) is 4.57 Å². The summed E-state index contributed by atoms with van der Waals surface area (Å²) >= 11 is 0. The third kappa shape index (κ3) is 57.2. The Hall–Kier alpha value is -3.33. The molecule has 1 amide bonds. The van der Waals surface area contributed by atoms with Crippen LogP contribution in [0.25, 0.3) is 0 Å². The molecule has 0 radical (unpaired) electrons. The largest absolute Gasteiger partial charge is 0.472 e. The number of amides is 1. The van der Waals surface area contributed by atoms with E-state index < -0.39 is 20.0 Å². The van der Waals surface area contributed by atoms with Crippen LogP contribution in [-0.2, 0) is 27.9 Å². The first kappa shape index (κ1) is 73.7. The molecular formula is C67H118N2O7P+. The minimum Gasteiger partial charge on any atom is -0.456 e. The van der Waals surface area contributed by atoms with E-state index in [1.54, 1.807) is 0 Å². The Morgan fingerprint density at radius 1 is 0.481 bits per heavy atom. The van der Waals surface area contributed by atoms with Crippen LogP contribution in [0.3, 0.4) is 0 Å². The van der Waals surface area contributed by atoms with Gasteiger partial charge in [0.15, 0.2) is 0 Å². The van der Waals surface area contributed by atoms with Gasteiger partial charge < -0.3 is 19.4 Å². The Balaban J connectivity index is 5.20. The number of esters is 1. The molecule has 0 aromatic rings. The minimum atomic E-state index is -4.46. The van der Waals surface area contributed by atoms with Crippen LogP contribution in [0.4, 0.5) is 0 Å². The molecule has 0 saturated carbocycles. The average Bonchev–Trinajstić information content (AvgIpc) is 3.39. The molecule has 0 aliphatic carbocycles. The lowest BCUT2D eigenvalue weighted by atomic mass is 10.0. The van der Waals surface area contributed by atoms with E-state index in [1.165, 1.54) is 89.9 Å². The maximum atomic E-state index is 13.6. The van der Waals surface area contributed by atoms with E-state index in [0.29, 0.717) is 23.9 Å². The van der Waals surface area contributed by atoms with Crippen molar-refractivity contribution >= 4 is 19.7 Å². The maximum Gasteiger partial charge on any atom is 0.472 e. The van der Waals surface area contributed by atoms with Gasteiger partial charge in [0, 0.05) is 12.8 Å². The number of ether oxygens (including phenoxy) is 1. The van der Waals surface area contributed by atoms with E-state index in [4.69, 9.17) is 13.8 Å². The third-order valence-electron chi connectivity index (χ3n) is 13.3. The Labute approximate surface area is 474 Å². The number of quaternary nitrogens is 1. The van der Waals surface area contributed by atoms with Crippen molar-refractivity contribution in [1.29, 1.82) is 0 Å². The normalized spacial score (nSPS) is 14.4. The number of carbonyl (C=O) groups excluding carboxylic acids is 2. The monoisotopic (exact) mass is 1090 g/mol. The van der Waals surface area contributed by atoms with Gasteiger partial charge in [-0.05, 0) is 96.0 Å². The highest BCUT2D eigenvalue weighted by molar-refractivity contribution is 7.47. The van der Waals surface area contributed by atoms with Crippen LogP contribution in [-0.4, -0.2) is 74.3 Å². The summed E-state index contributed by atoms with van der Waals surface area (Å²) in [6.07, 6.45) is 76.6. The Morgan fingerprint density at radius 3 is 1.39 bits per heavy atom. The molecule has 0 aliphatic heterocycles. The molecule has 0 saturated heterocycles. The molecule has 9 nitrogen and oxygen atoms in total. The standard InChI is InChI=1S/C67H117N2O7P/c1-7-10-13-16-19-22-25-28-29-30-31-32-33-34-35-36-37-38-39-42-44-47-50-53-56-59-66(70)68-64(63-75-77(72,73)74-62-61-69(4,5)6)65(58-55-52-49-46-43-40-26-23-20-17-14-11-8-2)76-67(71)60-57-54-51-48-45-41-27-24-21-18-15-12-9-3/h10,12-13,15,18-19,21-22,24,27-29,31-32,34-35,55,58,64-65H,7-9,11,14,16-17,20,23,25-26,30,33,36-54,56-57,59-63H2,1-6H3,(H-,68,70,72,73)/p+1/b13-10-,15-12+,21-18+,22-19-,27-24-,29-28-,32-31-,35-34-,58-55-. The molecule has 77 heavy (non-hydrogen) atoms. The number of phosphoric acid groups is 1. The van der Waals surface area contributed by atoms with Gasteiger partial charge in [0.25, 0.3) is 0 Å². The van der Waals surface area contributed by atoms with E-state index in [2.05, 4.69) is 123 Å². The van der Waals surface area contributed by atoms with Crippen LogP contribution in [0, 0.1) is 0 Å². The lowest BCUT2D eigenvalue weighted by molar-refractivity contribution is -0.870. The molecular weight excluding hydrogens is 976 g/mol. The third-order valence-corrected chi connectivity index (χ3v) is 14.3. The van der Waals surface area contributed by atoms with Gasteiger partial charge in [-0.2, -0.15) is 0 Å². The summed E-state index contributed by atoms with van der Waals surface area (Å²) in [5.41, 5.74) is 0. The minimum absolute atomic E-state index is 0.0301. The highest BCUT2D eigenvalue weighted by Gasteiger charge is 2.30. The first-order valence-electron chi connectivity index (χ1n) is 31.2. The van der Waals surface area contributed by atoms with Crippen molar-refractivity contribution in [3.8, 4) is 0 Å². The molecule has 10 heteroatoms. The molecule has 442 valence electrons. The summed E-state index contributed by atoms with van der Waals surface area (Å²) in [5.74, 6) is -0.541. The lowest BCUT2D eigenvalue weighted by Gasteiger charge is -2.27. The van der Waals surface area contributed by atoms with Crippen molar-refractivity contribution in [3.63, 3.8) is 0 Å². The SMILES string of the molecule is CC/C=C\C/C=C\C/C=C\C/C=C\C/C=C\CCCCCCCCCCCC(=O)NC(COP(=O)(O)OCC[N+](C)(C)C)C(/C=C\CCCCCCCCCCCCC)OC(=O)CCCCCCC\C=C/C=C/C=C/CC. The molecule has 3 unspecified atom stereocenters. The molecule has 0 aliphatic rings. The molecule has 0 bridgehead atoms. The van der Waals surface area contributed by atoms with Gasteiger partial charge in [0.05, 0.1) is 33.8 Å². The van der Waals surface area contributed by atoms with Crippen molar-refractivity contribution in [3.05, 3.63) is 109 Å². The van der Waals surface area contributed by atoms with E-state index in [-0.39, 0.29) is 31.5 Å². The van der Waals surface area contributed by atoms with Crippen LogP contribution in [0.1, 0.15) is 252 Å². The second kappa shape index (κ2) is 56.0. The van der Waals surface area contributed by atoms with Crippen LogP contribution in [0.15, 0.2) is 109 Å². The average molecular weight is 1090 g/mol. The number of carbonyl (C=O) groups is 2. The zero-order valence-corrected chi connectivity index (χ0v) is 51.3. The maximum absolute atomic E-state index is 13.6. The number of unbranched alkanes of at least 4 members (excludes halogenated alkanes) is 25. The van der Waals surface area contributed by atoms with E-state index in [0.717, 1.165) is 122 Å². The summed E-state index contributed by atoms with van der Waals surface area (Å²) in [6.45, 7) is 6.74. The predicted molar refractivity (Wildman–Crippen MR) is 332 cm³/mol. The quantitative estimate of drug-likeness (QED) is 0.0156. The van der Waals surface area contributed by atoms with Crippen molar-refractivity contribution < 1.29 is 37.3 Å². The molecule has 2 N–H and O–H groups in total. The number of rotatable bonds is 55. The Kier molecular flexibility index (Phi) is 53.5. The number of nitrogens with one attached hydrogen (secondary N) is 1. The van der Waals surface area contributed by atoms with Gasteiger partial charge in [0.1, 0.15) is 19.3 Å². The number of phosphoric ester groups is 1. The molecule has 0 fully saturated rings. The van der Waals surface area contributed by atoms with E-state index in [1.807, 2.05) is 33.3 Å². The molecule has 0 heterocycles. The van der Waals surface area contributed by atoms with Crippen molar-refractivity contribution in [2.24, 2.45) is 0 Å². The summed E-state index contributed by atoms with van der Waals surface area (Å²) in [4.78, 5) is 37.7. The van der Waals surface area contributed by atoms with Gasteiger partial charge >= 0.3 is 13.8 Å². The summed E-state index contributed by atoms with van der Waals surface area (Å²) in [7, 11) is 1.47. The summed E-state index contributed by atoms with van der Waals surface area (Å²) in [5, 5.41) is 3.05. The Morgan fingerprint density at radius 2 is 0.896 bits per heavy atom. The van der Waals surface area contributed by atoms with E-state index >= 15 is 0 Å². The predicted octanol–water partition coefficient (Wildman–Crippen LogP) is 19.3. The highest BCUT2D eigenvalue weighted by Crippen LogP contribution is 2.43. The molecule has 0 spiro atoms. The fraction of sp³-hybridized carbons (Fsp3) is 0.701. The molecule has 0 rings (SSSR count). The summed E-state index contributed by atoms with van der Waals surface area (Å²) in [6, 6.07) is -0.867. The number of likely N-dealkylation sites (N-methyl/N-ethyl adjacent to an activating group) is 1. The van der Waals surface area contributed by atoms with Crippen LogP contribution < -0.4 is 5.32 Å². The molecule has 0 aromatic heterocycles. The Bertz CT molecular complexity index is 1690. The number of hydrogen-bond donors (Lipinski definition) is 2. The first-order valence-corrected chi connectivity index (χ1v) is 32.7. The highest BCUT2D eigenvalue weighted by atomic mass is 31.2. The fourth-order valence-electron chi connectivity index (χ4n) is 8.50. The van der Waals surface area contributed by atoms with Gasteiger partial charge in [-0.3, -0.25) is 18.6 Å². The zero-order valence-electron chi connectivity index (χ0n) is 50.4.